The summed E-state index contributed by atoms with van der Waals surface area (Å²) in [4.78, 5) is 14.1. The standard InChI is InChI=1S/C17H27ClN2O/c1-4-20(14(2)3)13-12-19-17(21)7-5-6-15-8-10-16(18)11-9-15/h8-11,14H,4-7,12-13H2,1-3H3,(H,19,21). The van der Waals surface area contributed by atoms with E-state index in [2.05, 4.69) is 31.0 Å². The second-order valence-electron chi connectivity index (χ2n) is 5.55. The van der Waals surface area contributed by atoms with Crippen LogP contribution < -0.4 is 5.32 Å². The third kappa shape index (κ3) is 7.49. The van der Waals surface area contributed by atoms with Crippen LogP contribution in [0.1, 0.15) is 39.2 Å². The van der Waals surface area contributed by atoms with E-state index in [1.165, 1.54) is 5.56 Å². The molecule has 0 atom stereocenters. The Labute approximate surface area is 133 Å². The van der Waals surface area contributed by atoms with Crippen molar-refractivity contribution in [3.8, 4) is 0 Å². The molecule has 0 spiro atoms. The number of carbonyl (C=O) groups is 1. The van der Waals surface area contributed by atoms with Crippen molar-refractivity contribution >= 4 is 17.5 Å². The minimum Gasteiger partial charge on any atom is -0.355 e. The van der Waals surface area contributed by atoms with E-state index in [1.54, 1.807) is 0 Å². The number of hydrogen-bond donors (Lipinski definition) is 1. The first-order valence-electron chi connectivity index (χ1n) is 7.78. The predicted octanol–water partition coefficient (Wildman–Crippen LogP) is 3.51. The highest BCUT2D eigenvalue weighted by Crippen LogP contribution is 2.11. The molecule has 0 heterocycles. The molecule has 21 heavy (non-hydrogen) atoms. The number of benzene rings is 1. The van der Waals surface area contributed by atoms with Gasteiger partial charge < -0.3 is 5.32 Å². The molecule has 4 heteroatoms. The van der Waals surface area contributed by atoms with Crippen molar-refractivity contribution in [2.45, 2.75) is 46.1 Å². The number of rotatable bonds is 9. The highest BCUT2D eigenvalue weighted by molar-refractivity contribution is 6.30. The Kier molecular flexibility index (Phi) is 8.40. The fraction of sp³-hybridized carbons (Fsp3) is 0.588. The number of carbonyl (C=O) groups excluding carboxylic acids is 1. The molecular weight excluding hydrogens is 284 g/mol. The molecule has 0 saturated heterocycles. The first-order chi connectivity index (χ1) is 10.0. The van der Waals surface area contributed by atoms with E-state index in [0.717, 1.165) is 37.5 Å². The molecule has 3 nitrogen and oxygen atoms in total. The minimum absolute atomic E-state index is 0.142. The third-order valence-electron chi connectivity index (χ3n) is 3.64. The second-order valence-corrected chi connectivity index (χ2v) is 5.99. The van der Waals surface area contributed by atoms with Crippen LogP contribution in [-0.2, 0) is 11.2 Å². The Bertz CT molecular complexity index is 417. The maximum absolute atomic E-state index is 11.8. The quantitative estimate of drug-likeness (QED) is 0.757. The Morgan fingerprint density at radius 3 is 2.52 bits per heavy atom. The van der Waals surface area contributed by atoms with Crippen molar-refractivity contribution in [3.05, 3.63) is 34.9 Å². The van der Waals surface area contributed by atoms with Gasteiger partial charge in [0.2, 0.25) is 5.91 Å². The zero-order valence-corrected chi connectivity index (χ0v) is 14.1. The number of nitrogens with zero attached hydrogens (tertiary/aromatic N) is 1. The maximum Gasteiger partial charge on any atom is 0.220 e. The maximum atomic E-state index is 11.8. The Hall–Kier alpha value is -1.06. The molecule has 0 fully saturated rings. The number of nitrogens with one attached hydrogen (secondary N) is 1. The molecule has 0 bridgehead atoms. The minimum atomic E-state index is 0.142. The lowest BCUT2D eigenvalue weighted by Crippen LogP contribution is -2.38. The molecule has 1 rings (SSSR count). The van der Waals surface area contributed by atoms with Crippen LogP contribution in [0.15, 0.2) is 24.3 Å². The first kappa shape index (κ1) is 18.0. The normalized spacial score (nSPS) is 11.1. The van der Waals surface area contributed by atoms with Crippen LogP contribution in [-0.4, -0.2) is 36.5 Å². The van der Waals surface area contributed by atoms with Crippen LogP contribution in [0.2, 0.25) is 5.02 Å². The molecule has 0 unspecified atom stereocenters. The van der Waals surface area contributed by atoms with Gasteiger partial charge in [0, 0.05) is 30.6 Å². The van der Waals surface area contributed by atoms with Gasteiger partial charge in [-0.15, -0.1) is 0 Å². The van der Waals surface area contributed by atoms with Gasteiger partial charge in [0.1, 0.15) is 0 Å². The van der Waals surface area contributed by atoms with Crippen LogP contribution in [0.25, 0.3) is 0 Å². The monoisotopic (exact) mass is 310 g/mol. The van der Waals surface area contributed by atoms with Gasteiger partial charge in [0.25, 0.3) is 0 Å². The summed E-state index contributed by atoms with van der Waals surface area (Å²) in [5.41, 5.74) is 1.23. The number of hydrogen-bond acceptors (Lipinski definition) is 2. The summed E-state index contributed by atoms with van der Waals surface area (Å²) in [6, 6.07) is 8.34. The lowest BCUT2D eigenvalue weighted by molar-refractivity contribution is -0.121. The highest BCUT2D eigenvalue weighted by Gasteiger charge is 2.07. The van der Waals surface area contributed by atoms with E-state index in [4.69, 9.17) is 11.6 Å². The smallest absolute Gasteiger partial charge is 0.220 e. The van der Waals surface area contributed by atoms with E-state index in [0.29, 0.717) is 12.5 Å². The fourth-order valence-corrected chi connectivity index (χ4v) is 2.44. The Morgan fingerprint density at radius 1 is 1.29 bits per heavy atom. The van der Waals surface area contributed by atoms with Crippen LogP contribution in [0, 0.1) is 0 Å². The average Bonchev–Trinajstić information content (AvgIpc) is 2.45. The molecule has 118 valence electrons. The molecule has 0 aliphatic rings. The number of aryl methyl sites for hydroxylation is 1. The van der Waals surface area contributed by atoms with Gasteiger partial charge in [-0.1, -0.05) is 30.7 Å². The Morgan fingerprint density at radius 2 is 1.95 bits per heavy atom. The Balaban J connectivity index is 2.15. The van der Waals surface area contributed by atoms with Gasteiger partial charge in [-0.3, -0.25) is 9.69 Å². The third-order valence-corrected chi connectivity index (χ3v) is 3.89. The molecule has 0 radical (unpaired) electrons. The van der Waals surface area contributed by atoms with Gasteiger partial charge in [0.05, 0.1) is 0 Å². The van der Waals surface area contributed by atoms with E-state index in [9.17, 15) is 4.79 Å². The van der Waals surface area contributed by atoms with Crippen molar-refractivity contribution in [2.24, 2.45) is 0 Å². The van der Waals surface area contributed by atoms with E-state index in [-0.39, 0.29) is 5.91 Å². The molecule has 1 amide bonds. The number of amides is 1. The van der Waals surface area contributed by atoms with Crippen LogP contribution in [0.4, 0.5) is 0 Å². The number of likely N-dealkylation sites (N-methyl/N-ethyl adjacent to an activating group) is 1. The van der Waals surface area contributed by atoms with Crippen molar-refractivity contribution < 1.29 is 4.79 Å². The molecule has 0 aromatic heterocycles. The number of halogens is 1. The molecule has 1 aromatic rings. The second kappa shape index (κ2) is 9.80. The largest absolute Gasteiger partial charge is 0.355 e. The average molecular weight is 311 g/mol. The molecular formula is C17H27ClN2O. The van der Waals surface area contributed by atoms with E-state index >= 15 is 0 Å². The summed E-state index contributed by atoms with van der Waals surface area (Å²) in [6.45, 7) is 9.16. The summed E-state index contributed by atoms with van der Waals surface area (Å²) >= 11 is 5.84. The van der Waals surface area contributed by atoms with Gasteiger partial charge in [-0.05, 0) is 50.9 Å². The fourth-order valence-electron chi connectivity index (χ4n) is 2.31. The van der Waals surface area contributed by atoms with Crippen molar-refractivity contribution in [3.63, 3.8) is 0 Å². The van der Waals surface area contributed by atoms with Gasteiger partial charge in [-0.25, -0.2) is 0 Å². The van der Waals surface area contributed by atoms with Crippen LogP contribution in [0.5, 0.6) is 0 Å². The van der Waals surface area contributed by atoms with Crippen molar-refractivity contribution in [1.82, 2.24) is 10.2 Å². The summed E-state index contributed by atoms with van der Waals surface area (Å²) in [5.74, 6) is 0.142. The summed E-state index contributed by atoms with van der Waals surface area (Å²) in [5, 5.41) is 3.75. The van der Waals surface area contributed by atoms with Crippen molar-refractivity contribution in [1.29, 1.82) is 0 Å². The molecule has 1 aromatic carbocycles. The van der Waals surface area contributed by atoms with Gasteiger partial charge >= 0.3 is 0 Å². The molecule has 0 aliphatic carbocycles. The topological polar surface area (TPSA) is 32.3 Å². The first-order valence-corrected chi connectivity index (χ1v) is 8.16. The van der Waals surface area contributed by atoms with Crippen molar-refractivity contribution in [2.75, 3.05) is 19.6 Å². The highest BCUT2D eigenvalue weighted by atomic mass is 35.5. The summed E-state index contributed by atoms with van der Waals surface area (Å²) < 4.78 is 0. The van der Waals surface area contributed by atoms with Crippen LogP contribution in [0.3, 0.4) is 0 Å². The lowest BCUT2D eigenvalue weighted by atomic mass is 10.1. The summed E-state index contributed by atoms with van der Waals surface area (Å²) in [6.07, 6.45) is 2.36. The molecule has 1 N–H and O–H groups in total. The van der Waals surface area contributed by atoms with Gasteiger partial charge in [-0.2, -0.15) is 0 Å². The zero-order valence-electron chi connectivity index (χ0n) is 13.4. The van der Waals surface area contributed by atoms with Crippen LogP contribution >= 0.6 is 11.6 Å². The molecule has 0 saturated carbocycles. The summed E-state index contributed by atoms with van der Waals surface area (Å²) in [7, 11) is 0. The van der Waals surface area contributed by atoms with Gasteiger partial charge in [0.15, 0.2) is 0 Å². The van der Waals surface area contributed by atoms with E-state index in [1.807, 2.05) is 24.3 Å². The SMILES string of the molecule is CCN(CCNC(=O)CCCc1ccc(Cl)cc1)C(C)C. The molecule has 0 aliphatic heterocycles. The lowest BCUT2D eigenvalue weighted by Gasteiger charge is -2.24. The van der Waals surface area contributed by atoms with E-state index < -0.39 is 0 Å². The zero-order chi connectivity index (χ0) is 15.7. The predicted molar refractivity (Wildman–Crippen MR) is 89.8 cm³/mol.